The quantitative estimate of drug-likeness (QED) is 0.821. The highest BCUT2D eigenvalue weighted by atomic mass is 32.2. The molecule has 0 spiro atoms. The zero-order chi connectivity index (χ0) is 12.4. The van der Waals surface area contributed by atoms with Gasteiger partial charge >= 0.3 is 0 Å². The van der Waals surface area contributed by atoms with Gasteiger partial charge in [-0.1, -0.05) is 20.8 Å². The van der Waals surface area contributed by atoms with Crippen molar-refractivity contribution < 1.29 is 0 Å². The number of hydrogen-bond donors (Lipinski definition) is 1. The summed E-state index contributed by atoms with van der Waals surface area (Å²) in [4.78, 5) is 2.61. The van der Waals surface area contributed by atoms with Gasteiger partial charge in [-0.25, -0.2) is 0 Å². The molecule has 1 N–H and O–H groups in total. The van der Waals surface area contributed by atoms with E-state index >= 15 is 0 Å². The van der Waals surface area contributed by atoms with E-state index in [1.165, 1.54) is 19.6 Å². The molecule has 0 bridgehead atoms. The van der Waals surface area contributed by atoms with Crippen LogP contribution in [-0.4, -0.2) is 48.1 Å². The molecule has 1 rings (SSSR count). The lowest BCUT2D eigenvalue weighted by molar-refractivity contribution is 0.128. The van der Waals surface area contributed by atoms with Crippen LogP contribution in [0.1, 0.15) is 34.6 Å². The van der Waals surface area contributed by atoms with E-state index in [0.29, 0.717) is 16.2 Å². The topological polar surface area (TPSA) is 15.3 Å². The summed E-state index contributed by atoms with van der Waals surface area (Å²) >= 11 is 1.97. The van der Waals surface area contributed by atoms with Gasteiger partial charge in [0.1, 0.15) is 0 Å². The zero-order valence-corrected chi connectivity index (χ0v) is 12.6. The van der Waals surface area contributed by atoms with Crippen LogP contribution >= 0.6 is 11.8 Å². The van der Waals surface area contributed by atoms with Crippen LogP contribution in [0.2, 0.25) is 0 Å². The van der Waals surface area contributed by atoms with Crippen LogP contribution < -0.4 is 5.32 Å². The normalized spacial score (nSPS) is 24.8. The Kier molecular flexibility index (Phi) is 4.73. The van der Waals surface area contributed by atoms with Crippen molar-refractivity contribution >= 4 is 11.8 Å². The van der Waals surface area contributed by atoms with Crippen LogP contribution in [0.3, 0.4) is 0 Å². The molecule has 96 valence electrons. The lowest BCUT2D eigenvalue weighted by atomic mass is 9.85. The molecule has 0 amide bonds. The van der Waals surface area contributed by atoms with E-state index in [0.717, 1.165) is 6.54 Å². The molecular formula is C13H28N2S. The van der Waals surface area contributed by atoms with E-state index in [9.17, 15) is 0 Å². The molecule has 1 aliphatic rings. The van der Waals surface area contributed by atoms with Gasteiger partial charge in [0.25, 0.3) is 0 Å². The molecule has 0 aromatic carbocycles. The Balaban J connectivity index is 2.51. The third-order valence-corrected chi connectivity index (χ3v) is 4.70. The number of hydrogen-bond acceptors (Lipinski definition) is 3. The van der Waals surface area contributed by atoms with Gasteiger partial charge in [-0.3, -0.25) is 4.90 Å². The van der Waals surface area contributed by atoms with E-state index in [4.69, 9.17) is 0 Å². The van der Waals surface area contributed by atoms with Gasteiger partial charge < -0.3 is 5.32 Å². The fourth-order valence-corrected chi connectivity index (χ4v) is 2.45. The number of nitrogens with zero attached hydrogens (tertiary/aromatic N) is 1. The number of nitrogens with one attached hydrogen (secondary N) is 1. The maximum atomic E-state index is 3.64. The van der Waals surface area contributed by atoms with E-state index in [-0.39, 0.29) is 0 Å². The molecular weight excluding hydrogens is 216 g/mol. The van der Waals surface area contributed by atoms with Crippen molar-refractivity contribution in [2.24, 2.45) is 5.41 Å². The summed E-state index contributed by atoms with van der Waals surface area (Å²) in [6, 6.07) is 0.624. The van der Waals surface area contributed by atoms with Gasteiger partial charge in [0.15, 0.2) is 0 Å². The second-order valence-electron chi connectivity index (χ2n) is 6.57. The highest BCUT2D eigenvalue weighted by Gasteiger charge is 2.31. The van der Waals surface area contributed by atoms with Crippen LogP contribution in [0.15, 0.2) is 0 Å². The second kappa shape index (κ2) is 5.28. The van der Waals surface area contributed by atoms with Crippen molar-refractivity contribution in [1.29, 1.82) is 0 Å². The highest BCUT2D eigenvalue weighted by molar-refractivity contribution is 7.99. The Morgan fingerprint density at radius 1 is 1.25 bits per heavy atom. The predicted molar refractivity (Wildman–Crippen MR) is 75.3 cm³/mol. The fourth-order valence-electron chi connectivity index (χ4n) is 2.14. The van der Waals surface area contributed by atoms with Gasteiger partial charge in [-0.15, -0.1) is 0 Å². The first-order valence-electron chi connectivity index (χ1n) is 6.25. The second-order valence-corrected chi connectivity index (χ2v) is 8.09. The average Bonchev–Trinajstić information content (AvgIpc) is 2.16. The fraction of sp³-hybridized carbons (Fsp3) is 1.00. The maximum absolute atomic E-state index is 3.64. The Morgan fingerprint density at radius 3 is 2.38 bits per heavy atom. The Labute approximate surface area is 106 Å². The maximum Gasteiger partial charge on any atom is 0.0244 e. The number of piperazine rings is 1. The van der Waals surface area contributed by atoms with E-state index < -0.39 is 0 Å². The Bertz CT molecular complexity index is 220. The van der Waals surface area contributed by atoms with Crippen molar-refractivity contribution in [3.05, 3.63) is 0 Å². The predicted octanol–water partition coefficient (Wildman–Crippen LogP) is 2.45. The lowest BCUT2D eigenvalue weighted by Gasteiger charge is -2.42. The van der Waals surface area contributed by atoms with Gasteiger partial charge in [0.05, 0.1) is 0 Å². The Hall–Kier alpha value is 0.270. The molecule has 1 heterocycles. The molecule has 1 fully saturated rings. The van der Waals surface area contributed by atoms with Crippen LogP contribution in [-0.2, 0) is 0 Å². The van der Waals surface area contributed by atoms with E-state index in [1.807, 2.05) is 11.8 Å². The van der Waals surface area contributed by atoms with Crippen molar-refractivity contribution in [3.8, 4) is 0 Å². The number of thioether (sulfide) groups is 1. The number of rotatable bonds is 3. The molecule has 0 aromatic rings. The summed E-state index contributed by atoms with van der Waals surface area (Å²) in [5.41, 5.74) is 0.363. The highest BCUT2D eigenvalue weighted by Crippen LogP contribution is 2.26. The molecule has 2 nitrogen and oxygen atoms in total. The van der Waals surface area contributed by atoms with Crippen molar-refractivity contribution in [2.45, 2.75) is 45.4 Å². The minimum absolute atomic E-state index is 0.363. The van der Waals surface area contributed by atoms with E-state index in [1.54, 1.807) is 0 Å². The molecule has 3 heteroatoms. The molecule has 1 saturated heterocycles. The van der Waals surface area contributed by atoms with E-state index in [2.05, 4.69) is 51.1 Å². The van der Waals surface area contributed by atoms with Crippen LogP contribution in [0.25, 0.3) is 0 Å². The summed E-state index contributed by atoms with van der Waals surface area (Å²) in [6.07, 6.45) is 2.21. The molecule has 0 saturated carbocycles. The van der Waals surface area contributed by atoms with Gasteiger partial charge in [-0.2, -0.15) is 11.8 Å². The first-order valence-corrected chi connectivity index (χ1v) is 7.48. The molecule has 1 aliphatic heterocycles. The Morgan fingerprint density at radius 2 is 1.88 bits per heavy atom. The third-order valence-electron chi connectivity index (χ3n) is 3.46. The molecule has 1 atom stereocenters. The zero-order valence-electron chi connectivity index (χ0n) is 11.8. The molecule has 1 unspecified atom stereocenters. The largest absolute Gasteiger partial charge is 0.311 e. The summed E-state index contributed by atoms with van der Waals surface area (Å²) in [6.45, 7) is 16.4. The average molecular weight is 244 g/mol. The van der Waals surface area contributed by atoms with Gasteiger partial charge in [0, 0.05) is 37.0 Å². The minimum Gasteiger partial charge on any atom is -0.311 e. The van der Waals surface area contributed by atoms with Gasteiger partial charge in [-0.05, 0) is 25.5 Å². The van der Waals surface area contributed by atoms with Crippen molar-refractivity contribution in [1.82, 2.24) is 10.2 Å². The summed E-state index contributed by atoms with van der Waals surface area (Å²) in [5.74, 6) is 0. The van der Waals surface area contributed by atoms with Crippen LogP contribution in [0.4, 0.5) is 0 Å². The summed E-state index contributed by atoms with van der Waals surface area (Å²) in [7, 11) is 0. The summed E-state index contributed by atoms with van der Waals surface area (Å²) < 4.78 is 0.375. The molecule has 16 heavy (non-hydrogen) atoms. The van der Waals surface area contributed by atoms with Crippen molar-refractivity contribution in [3.63, 3.8) is 0 Å². The lowest BCUT2D eigenvalue weighted by Crippen LogP contribution is -2.57. The van der Waals surface area contributed by atoms with Crippen LogP contribution in [0, 0.1) is 5.41 Å². The third kappa shape index (κ3) is 4.27. The minimum atomic E-state index is 0.363. The van der Waals surface area contributed by atoms with Crippen LogP contribution in [0.5, 0.6) is 0 Å². The summed E-state index contributed by atoms with van der Waals surface area (Å²) in [5, 5.41) is 3.64. The monoisotopic (exact) mass is 244 g/mol. The standard InChI is InChI=1S/C13H28N2S/c1-12(2,3)11-9-15(8-7-14-11)10-13(4,5)16-6/h11,14H,7-10H2,1-6H3. The molecule has 0 radical (unpaired) electrons. The molecule has 0 aromatic heterocycles. The smallest absolute Gasteiger partial charge is 0.0244 e. The SMILES string of the molecule is CSC(C)(C)CN1CCNC(C(C)(C)C)C1. The molecule has 0 aliphatic carbocycles. The van der Waals surface area contributed by atoms with Gasteiger partial charge in [0.2, 0.25) is 0 Å². The first kappa shape index (κ1) is 14.3. The first-order chi connectivity index (χ1) is 7.24. The van der Waals surface area contributed by atoms with Crippen molar-refractivity contribution in [2.75, 3.05) is 32.4 Å².